The number of anilines is 1. The zero-order valence-electron chi connectivity index (χ0n) is 8.76. The van der Waals surface area contributed by atoms with Crippen LogP contribution in [0.1, 0.15) is 13.3 Å². The van der Waals surface area contributed by atoms with E-state index in [0.717, 1.165) is 12.2 Å². The molecule has 15 heavy (non-hydrogen) atoms. The third-order valence-corrected chi connectivity index (χ3v) is 2.72. The van der Waals surface area contributed by atoms with Crippen LogP contribution in [0.2, 0.25) is 0 Å². The number of aryl methyl sites for hydroxylation is 1. The molecule has 1 amide bonds. The van der Waals surface area contributed by atoms with Crippen molar-refractivity contribution in [2.75, 3.05) is 18.1 Å². The standard InChI is InChI=1S/C10H15N3O2/c1-2-12-6-9(4-11-12)13-5-8(7-14)3-10(13)15/h4,6,8,14H,2-3,5,7H2,1H3. The Morgan fingerprint density at radius 1 is 1.67 bits per heavy atom. The topological polar surface area (TPSA) is 58.4 Å². The van der Waals surface area contributed by atoms with Gasteiger partial charge in [-0.1, -0.05) is 0 Å². The van der Waals surface area contributed by atoms with Crippen LogP contribution in [0, 0.1) is 5.92 Å². The summed E-state index contributed by atoms with van der Waals surface area (Å²) in [5.74, 6) is 0.146. The molecule has 0 aliphatic carbocycles. The molecule has 0 aromatic carbocycles. The fourth-order valence-electron chi connectivity index (χ4n) is 1.82. The molecular weight excluding hydrogens is 194 g/mol. The summed E-state index contributed by atoms with van der Waals surface area (Å²) in [6, 6.07) is 0. The zero-order valence-corrected chi connectivity index (χ0v) is 8.76. The van der Waals surface area contributed by atoms with Crippen LogP contribution in [0.15, 0.2) is 12.4 Å². The van der Waals surface area contributed by atoms with Crippen LogP contribution >= 0.6 is 0 Å². The highest BCUT2D eigenvalue weighted by atomic mass is 16.3. The van der Waals surface area contributed by atoms with E-state index in [1.165, 1.54) is 0 Å². The van der Waals surface area contributed by atoms with Crippen molar-refractivity contribution < 1.29 is 9.90 Å². The Balaban J connectivity index is 2.14. The first-order valence-corrected chi connectivity index (χ1v) is 5.18. The van der Waals surface area contributed by atoms with Crippen molar-refractivity contribution in [2.45, 2.75) is 19.9 Å². The summed E-state index contributed by atoms with van der Waals surface area (Å²) in [6.07, 6.45) is 3.99. The van der Waals surface area contributed by atoms with Crippen molar-refractivity contribution in [3.05, 3.63) is 12.4 Å². The van der Waals surface area contributed by atoms with Crippen LogP contribution in [0.4, 0.5) is 5.69 Å². The molecule has 1 aliphatic heterocycles. The molecule has 1 unspecified atom stereocenters. The van der Waals surface area contributed by atoms with Crippen molar-refractivity contribution >= 4 is 11.6 Å². The smallest absolute Gasteiger partial charge is 0.227 e. The van der Waals surface area contributed by atoms with E-state index >= 15 is 0 Å². The number of hydrogen-bond donors (Lipinski definition) is 1. The van der Waals surface area contributed by atoms with Gasteiger partial charge in [0.05, 0.1) is 11.9 Å². The van der Waals surface area contributed by atoms with Gasteiger partial charge in [0.15, 0.2) is 0 Å². The Hall–Kier alpha value is -1.36. The van der Waals surface area contributed by atoms with Crippen LogP contribution in [0.3, 0.4) is 0 Å². The van der Waals surface area contributed by atoms with Gasteiger partial charge in [0.2, 0.25) is 5.91 Å². The van der Waals surface area contributed by atoms with Gasteiger partial charge >= 0.3 is 0 Å². The average molecular weight is 209 g/mol. The minimum Gasteiger partial charge on any atom is -0.396 e. The lowest BCUT2D eigenvalue weighted by Crippen LogP contribution is -2.24. The van der Waals surface area contributed by atoms with Crippen LogP contribution < -0.4 is 4.90 Å². The van der Waals surface area contributed by atoms with Crippen molar-refractivity contribution in [3.63, 3.8) is 0 Å². The third-order valence-electron chi connectivity index (χ3n) is 2.72. The first-order valence-electron chi connectivity index (χ1n) is 5.18. The van der Waals surface area contributed by atoms with Gasteiger partial charge in [0, 0.05) is 38.2 Å². The van der Waals surface area contributed by atoms with E-state index in [4.69, 9.17) is 5.11 Å². The number of carbonyl (C=O) groups is 1. The maximum absolute atomic E-state index is 11.6. The Labute approximate surface area is 88.3 Å². The molecule has 1 saturated heterocycles. The highest BCUT2D eigenvalue weighted by molar-refractivity contribution is 5.95. The average Bonchev–Trinajstić information content (AvgIpc) is 2.83. The summed E-state index contributed by atoms with van der Waals surface area (Å²) in [5.41, 5.74) is 0.831. The first-order chi connectivity index (χ1) is 7.24. The van der Waals surface area contributed by atoms with Crippen molar-refractivity contribution in [2.24, 2.45) is 5.92 Å². The molecule has 1 N–H and O–H groups in total. The molecule has 2 heterocycles. The molecule has 5 heteroatoms. The summed E-state index contributed by atoms with van der Waals surface area (Å²) in [7, 11) is 0. The Morgan fingerprint density at radius 2 is 2.47 bits per heavy atom. The summed E-state index contributed by atoms with van der Waals surface area (Å²) < 4.78 is 1.79. The fourth-order valence-corrected chi connectivity index (χ4v) is 1.82. The molecular formula is C10H15N3O2. The van der Waals surface area contributed by atoms with E-state index in [1.54, 1.807) is 15.8 Å². The van der Waals surface area contributed by atoms with E-state index in [2.05, 4.69) is 5.10 Å². The van der Waals surface area contributed by atoms with Gasteiger partial charge in [-0.3, -0.25) is 9.48 Å². The molecule has 1 aromatic rings. The predicted octanol–water partition coefficient (Wildman–Crippen LogP) is 0.248. The molecule has 0 spiro atoms. The second-order valence-corrected chi connectivity index (χ2v) is 3.81. The number of nitrogens with zero attached hydrogens (tertiary/aromatic N) is 3. The maximum Gasteiger partial charge on any atom is 0.227 e. The number of carbonyl (C=O) groups excluding carboxylic acids is 1. The highest BCUT2D eigenvalue weighted by Crippen LogP contribution is 2.23. The zero-order chi connectivity index (χ0) is 10.8. The number of amides is 1. The van der Waals surface area contributed by atoms with Gasteiger partial charge in [0.25, 0.3) is 0 Å². The Bertz CT molecular complexity index is 361. The molecule has 1 fully saturated rings. The number of hydrogen-bond acceptors (Lipinski definition) is 3. The van der Waals surface area contributed by atoms with E-state index in [0.29, 0.717) is 13.0 Å². The minimum atomic E-state index is 0.0717. The lowest BCUT2D eigenvalue weighted by Gasteiger charge is -2.13. The monoisotopic (exact) mass is 209 g/mol. The van der Waals surface area contributed by atoms with Crippen LogP contribution in [-0.4, -0.2) is 33.9 Å². The van der Waals surface area contributed by atoms with Crippen molar-refractivity contribution in [1.29, 1.82) is 0 Å². The second-order valence-electron chi connectivity index (χ2n) is 3.81. The molecule has 0 saturated carbocycles. The fraction of sp³-hybridized carbons (Fsp3) is 0.600. The van der Waals surface area contributed by atoms with Gasteiger partial charge < -0.3 is 10.0 Å². The molecule has 1 atom stereocenters. The summed E-state index contributed by atoms with van der Waals surface area (Å²) >= 11 is 0. The quantitative estimate of drug-likeness (QED) is 0.776. The largest absolute Gasteiger partial charge is 0.396 e. The summed E-state index contributed by atoms with van der Waals surface area (Å²) in [6.45, 7) is 3.47. The van der Waals surface area contributed by atoms with Gasteiger partial charge in [0.1, 0.15) is 0 Å². The molecule has 5 nitrogen and oxygen atoms in total. The second kappa shape index (κ2) is 4.02. The molecule has 1 aromatic heterocycles. The molecule has 0 bridgehead atoms. The number of aliphatic hydroxyl groups excluding tert-OH is 1. The third kappa shape index (κ3) is 1.87. The van der Waals surface area contributed by atoms with Crippen LogP contribution in [-0.2, 0) is 11.3 Å². The first kappa shape index (κ1) is 10.2. The van der Waals surface area contributed by atoms with Crippen molar-refractivity contribution in [3.8, 4) is 0 Å². The van der Waals surface area contributed by atoms with Crippen LogP contribution in [0.5, 0.6) is 0 Å². The SMILES string of the molecule is CCn1cc(N2CC(CO)CC2=O)cn1. The number of aromatic nitrogens is 2. The summed E-state index contributed by atoms with van der Waals surface area (Å²) in [4.78, 5) is 13.3. The molecule has 0 radical (unpaired) electrons. The number of aliphatic hydroxyl groups is 1. The Morgan fingerprint density at radius 3 is 3.00 bits per heavy atom. The number of rotatable bonds is 3. The van der Waals surface area contributed by atoms with E-state index in [1.807, 2.05) is 13.1 Å². The molecule has 82 valence electrons. The van der Waals surface area contributed by atoms with Gasteiger partial charge in [-0.25, -0.2) is 0 Å². The lowest BCUT2D eigenvalue weighted by molar-refractivity contribution is -0.117. The van der Waals surface area contributed by atoms with Crippen molar-refractivity contribution in [1.82, 2.24) is 9.78 Å². The maximum atomic E-state index is 11.6. The highest BCUT2D eigenvalue weighted by Gasteiger charge is 2.30. The normalized spacial score (nSPS) is 21.3. The van der Waals surface area contributed by atoms with E-state index in [-0.39, 0.29) is 18.4 Å². The van der Waals surface area contributed by atoms with Gasteiger partial charge in [-0.2, -0.15) is 5.10 Å². The van der Waals surface area contributed by atoms with E-state index < -0.39 is 0 Å². The van der Waals surface area contributed by atoms with E-state index in [9.17, 15) is 4.79 Å². The van der Waals surface area contributed by atoms with Crippen LogP contribution in [0.25, 0.3) is 0 Å². The Kier molecular flexibility index (Phi) is 2.73. The van der Waals surface area contributed by atoms with Gasteiger partial charge in [-0.05, 0) is 6.92 Å². The molecule has 1 aliphatic rings. The lowest BCUT2D eigenvalue weighted by atomic mass is 10.1. The molecule has 2 rings (SSSR count). The predicted molar refractivity (Wildman–Crippen MR) is 55.4 cm³/mol. The van der Waals surface area contributed by atoms with Gasteiger partial charge in [-0.15, -0.1) is 0 Å². The minimum absolute atomic E-state index is 0.0717. The summed E-state index contributed by atoms with van der Waals surface area (Å²) in [5, 5.41) is 13.1.